The minimum Gasteiger partial charge on any atom is -0.373 e. The number of nitrogens with one attached hydrogen (secondary N) is 1. The molecule has 3 unspecified atom stereocenters. The van der Waals surface area contributed by atoms with E-state index >= 15 is 0 Å². The predicted molar refractivity (Wildman–Crippen MR) is 117 cm³/mol. The summed E-state index contributed by atoms with van der Waals surface area (Å²) in [6.07, 6.45) is 4.78. The van der Waals surface area contributed by atoms with Gasteiger partial charge in [-0.1, -0.05) is 18.2 Å². The maximum atomic E-state index is 12.7. The molecule has 0 spiro atoms. The van der Waals surface area contributed by atoms with E-state index in [-0.39, 0.29) is 18.1 Å². The van der Waals surface area contributed by atoms with Crippen molar-refractivity contribution in [3.8, 4) is 0 Å². The molecule has 1 aromatic carbocycles. The van der Waals surface area contributed by atoms with E-state index in [9.17, 15) is 4.79 Å². The van der Waals surface area contributed by atoms with E-state index < -0.39 is 0 Å². The Morgan fingerprint density at radius 1 is 1.32 bits per heavy atom. The zero-order valence-corrected chi connectivity index (χ0v) is 17.9. The van der Waals surface area contributed by atoms with Crippen molar-refractivity contribution in [1.82, 2.24) is 9.80 Å². The average molecular weight is 404 g/mol. The second kappa shape index (κ2) is 10.4. The van der Waals surface area contributed by atoms with Gasteiger partial charge >= 0.3 is 0 Å². The number of likely N-dealkylation sites (tertiary alicyclic amines) is 1. The number of ether oxygens (including phenoxy) is 1. The monoisotopic (exact) mass is 403 g/mol. The molecule has 2 saturated heterocycles. The quantitative estimate of drug-likeness (QED) is 0.532. The van der Waals surface area contributed by atoms with Crippen LogP contribution in [0, 0.1) is 0 Å². The molecular weight excluding hydrogens is 370 g/mol. The molecule has 0 bridgehead atoms. The number of anilines is 1. The van der Waals surface area contributed by atoms with Crippen LogP contribution in [-0.2, 0) is 9.53 Å². The molecule has 1 amide bonds. The number of rotatable bonds is 8. The fourth-order valence-electron chi connectivity index (χ4n) is 4.26. The summed E-state index contributed by atoms with van der Waals surface area (Å²) in [5.74, 6) is 0.902. The third-order valence-corrected chi connectivity index (χ3v) is 6.40. The van der Waals surface area contributed by atoms with Gasteiger partial charge in [0.2, 0.25) is 5.91 Å². The largest absolute Gasteiger partial charge is 0.373 e. The van der Waals surface area contributed by atoms with Crippen LogP contribution in [0.5, 0.6) is 0 Å². The molecule has 5 nitrogen and oxygen atoms in total. The molecule has 2 fully saturated rings. The SMILES string of the molecule is C=CCSc1ccccc1NC(=O)CN1CCCC1CN1CC(C)OC(C)C1. The number of para-hydroxylation sites is 1. The normalized spacial score (nSPS) is 26.3. The Morgan fingerprint density at radius 2 is 2.07 bits per heavy atom. The standard InChI is InChI=1S/C22H33N3O2S/c1-4-12-28-21-10-6-5-9-20(21)23-22(26)16-25-11-7-8-19(25)15-24-13-17(2)27-18(3)14-24/h4-6,9-10,17-19H,1,7-8,11-16H2,2-3H3,(H,23,26). The summed E-state index contributed by atoms with van der Waals surface area (Å²) in [6, 6.07) is 8.44. The zero-order valence-electron chi connectivity index (χ0n) is 17.1. The highest BCUT2D eigenvalue weighted by Gasteiger charge is 2.30. The van der Waals surface area contributed by atoms with Gasteiger partial charge in [0.25, 0.3) is 0 Å². The number of amides is 1. The van der Waals surface area contributed by atoms with Gasteiger partial charge in [0.15, 0.2) is 0 Å². The van der Waals surface area contributed by atoms with Gasteiger partial charge in [0, 0.05) is 36.3 Å². The summed E-state index contributed by atoms with van der Waals surface area (Å²) < 4.78 is 5.85. The minimum atomic E-state index is 0.0715. The van der Waals surface area contributed by atoms with E-state index in [0.717, 1.165) is 42.5 Å². The third kappa shape index (κ3) is 6.08. The molecular formula is C22H33N3O2S. The van der Waals surface area contributed by atoms with Crippen LogP contribution >= 0.6 is 11.8 Å². The molecule has 0 saturated carbocycles. The Bertz CT molecular complexity index is 659. The number of hydrogen-bond donors (Lipinski definition) is 1. The highest BCUT2D eigenvalue weighted by atomic mass is 32.2. The van der Waals surface area contributed by atoms with Crippen LogP contribution in [0.2, 0.25) is 0 Å². The molecule has 1 aromatic rings. The van der Waals surface area contributed by atoms with E-state index in [1.54, 1.807) is 11.8 Å². The first-order valence-electron chi connectivity index (χ1n) is 10.3. The molecule has 6 heteroatoms. The van der Waals surface area contributed by atoms with Gasteiger partial charge < -0.3 is 10.1 Å². The predicted octanol–water partition coefficient (Wildman–Crippen LogP) is 3.48. The highest BCUT2D eigenvalue weighted by molar-refractivity contribution is 7.99. The fraction of sp³-hybridized carbons (Fsp3) is 0.591. The lowest BCUT2D eigenvalue weighted by Crippen LogP contribution is -2.50. The molecule has 3 atom stereocenters. The number of nitrogens with zero attached hydrogens (tertiary/aromatic N) is 2. The van der Waals surface area contributed by atoms with E-state index in [2.05, 4.69) is 35.5 Å². The van der Waals surface area contributed by atoms with E-state index in [4.69, 9.17) is 4.74 Å². The lowest BCUT2D eigenvalue weighted by Gasteiger charge is -2.38. The Kier molecular flexibility index (Phi) is 7.97. The summed E-state index contributed by atoms with van der Waals surface area (Å²) in [7, 11) is 0. The number of thioether (sulfide) groups is 1. The summed E-state index contributed by atoms with van der Waals surface area (Å²) in [5, 5.41) is 3.12. The van der Waals surface area contributed by atoms with Crippen molar-refractivity contribution in [2.75, 3.05) is 43.8 Å². The molecule has 0 aliphatic carbocycles. The van der Waals surface area contributed by atoms with E-state index in [0.29, 0.717) is 12.6 Å². The number of carbonyl (C=O) groups excluding carboxylic acids is 1. The summed E-state index contributed by atoms with van der Waals surface area (Å²) in [5.41, 5.74) is 0.894. The maximum Gasteiger partial charge on any atom is 0.238 e. The molecule has 2 aliphatic heterocycles. The van der Waals surface area contributed by atoms with Crippen molar-refractivity contribution in [2.45, 2.75) is 49.8 Å². The Morgan fingerprint density at radius 3 is 2.82 bits per heavy atom. The molecule has 3 rings (SSSR count). The Hall–Kier alpha value is -1.34. The maximum absolute atomic E-state index is 12.7. The first-order valence-corrected chi connectivity index (χ1v) is 11.3. The van der Waals surface area contributed by atoms with Crippen LogP contribution in [0.1, 0.15) is 26.7 Å². The summed E-state index contributed by atoms with van der Waals surface area (Å²) in [4.78, 5) is 18.7. The van der Waals surface area contributed by atoms with E-state index in [1.807, 2.05) is 30.3 Å². The molecule has 154 valence electrons. The molecule has 2 aliphatic rings. The van der Waals surface area contributed by atoms with Crippen LogP contribution < -0.4 is 5.32 Å². The van der Waals surface area contributed by atoms with Gasteiger partial charge in [-0.15, -0.1) is 18.3 Å². The highest BCUT2D eigenvalue weighted by Crippen LogP contribution is 2.27. The van der Waals surface area contributed by atoms with Crippen molar-refractivity contribution in [2.24, 2.45) is 0 Å². The molecule has 0 aromatic heterocycles. The Balaban J connectivity index is 1.54. The second-order valence-corrected chi connectivity index (χ2v) is 8.95. The van der Waals surface area contributed by atoms with Gasteiger partial charge in [0.1, 0.15) is 0 Å². The smallest absolute Gasteiger partial charge is 0.238 e. The van der Waals surface area contributed by atoms with Crippen LogP contribution in [0.25, 0.3) is 0 Å². The van der Waals surface area contributed by atoms with E-state index in [1.165, 1.54) is 12.8 Å². The lowest BCUT2D eigenvalue weighted by molar-refractivity contribution is -0.117. The first-order chi connectivity index (χ1) is 13.5. The summed E-state index contributed by atoms with van der Waals surface area (Å²) >= 11 is 1.69. The van der Waals surface area contributed by atoms with Crippen LogP contribution in [0.15, 0.2) is 41.8 Å². The van der Waals surface area contributed by atoms with Crippen molar-refractivity contribution in [1.29, 1.82) is 0 Å². The molecule has 1 N–H and O–H groups in total. The fourth-order valence-corrected chi connectivity index (χ4v) is 5.01. The van der Waals surface area contributed by atoms with Crippen LogP contribution in [0.4, 0.5) is 5.69 Å². The molecule has 28 heavy (non-hydrogen) atoms. The summed E-state index contributed by atoms with van der Waals surface area (Å²) in [6.45, 7) is 12.5. The lowest BCUT2D eigenvalue weighted by atomic mass is 10.1. The van der Waals surface area contributed by atoms with Gasteiger partial charge in [-0.25, -0.2) is 0 Å². The Labute approximate surface area is 173 Å². The van der Waals surface area contributed by atoms with Gasteiger partial charge in [0.05, 0.1) is 24.4 Å². The zero-order chi connectivity index (χ0) is 19.9. The van der Waals surface area contributed by atoms with Crippen LogP contribution in [0.3, 0.4) is 0 Å². The van der Waals surface area contributed by atoms with Gasteiger partial charge in [-0.05, 0) is 45.4 Å². The second-order valence-electron chi connectivity index (χ2n) is 7.89. The van der Waals surface area contributed by atoms with Crippen LogP contribution in [-0.4, -0.2) is 72.4 Å². The van der Waals surface area contributed by atoms with Crippen molar-refractivity contribution < 1.29 is 9.53 Å². The third-order valence-electron chi connectivity index (χ3n) is 5.33. The van der Waals surface area contributed by atoms with Gasteiger partial charge in [-0.2, -0.15) is 0 Å². The van der Waals surface area contributed by atoms with Gasteiger partial charge in [-0.3, -0.25) is 14.6 Å². The minimum absolute atomic E-state index is 0.0715. The molecule has 0 radical (unpaired) electrons. The first kappa shape index (κ1) is 21.4. The van der Waals surface area contributed by atoms with Crippen molar-refractivity contribution in [3.63, 3.8) is 0 Å². The topological polar surface area (TPSA) is 44.8 Å². The number of benzene rings is 1. The number of morpholine rings is 1. The average Bonchev–Trinajstić information content (AvgIpc) is 3.06. The number of carbonyl (C=O) groups is 1. The van der Waals surface area contributed by atoms with Crippen molar-refractivity contribution >= 4 is 23.4 Å². The van der Waals surface area contributed by atoms with Crippen molar-refractivity contribution in [3.05, 3.63) is 36.9 Å². The molecule has 2 heterocycles. The number of hydrogen-bond acceptors (Lipinski definition) is 5.